The number of fused-ring (bicyclic) bond motifs is 3. The van der Waals surface area contributed by atoms with E-state index in [0.717, 1.165) is 18.4 Å². The van der Waals surface area contributed by atoms with Gasteiger partial charge < -0.3 is 35.5 Å². The van der Waals surface area contributed by atoms with Crippen molar-refractivity contribution in [2.24, 2.45) is 5.73 Å². The first kappa shape index (κ1) is 24.3. The van der Waals surface area contributed by atoms with Crippen LogP contribution >= 0.6 is 0 Å². The molecule has 34 heavy (non-hydrogen) atoms. The Morgan fingerprint density at radius 1 is 1.32 bits per heavy atom. The third-order valence-electron chi connectivity index (χ3n) is 6.88. The van der Waals surface area contributed by atoms with Gasteiger partial charge in [-0.15, -0.1) is 0 Å². The topological polar surface area (TPSA) is 155 Å². The molecule has 1 unspecified atom stereocenters. The summed E-state index contributed by atoms with van der Waals surface area (Å²) in [6.45, 7) is 2.64. The number of ether oxygens (including phenoxy) is 1. The van der Waals surface area contributed by atoms with Gasteiger partial charge in [0.15, 0.2) is 0 Å². The molecule has 0 radical (unpaired) electrons. The molecule has 184 valence electrons. The van der Waals surface area contributed by atoms with Gasteiger partial charge in [-0.05, 0) is 37.3 Å². The number of nitrogens with two attached hydrogens (primary N) is 1. The third kappa shape index (κ3) is 4.57. The number of nitrogens with one attached hydrogen (secondary N) is 1. The third-order valence-corrected chi connectivity index (χ3v) is 6.88. The minimum absolute atomic E-state index is 0.00452. The number of aromatic carboxylic acids is 1. The average Bonchev–Trinajstić information content (AvgIpc) is 2.69. The maximum absolute atomic E-state index is 12.4. The van der Waals surface area contributed by atoms with Gasteiger partial charge in [-0.2, -0.15) is 0 Å². The zero-order valence-corrected chi connectivity index (χ0v) is 19.6. The van der Waals surface area contributed by atoms with Crippen molar-refractivity contribution in [3.8, 4) is 11.5 Å². The zero-order valence-electron chi connectivity index (χ0n) is 19.6. The lowest BCUT2D eigenvalue weighted by molar-refractivity contribution is -0.133. The summed E-state index contributed by atoms with van der Waals surface area (Å²) in [7, 11) is 2.19. The highest BCUT2D eigenvalue weighted by Gasteiger charge is 2.49. The predicted octanol–water partition coefficient (Wildman–Crippen LogP) is -0.510. The molecule has 2 fully saturated rings. The van der Waals surface area contributed by atoms with E-state index in [1.807, 2.05) is 11.0 Å². The van der Waals surface area contributed by atoms with Crippen LogP contribution in [0, 0.1) is 0 Å². The van der Waals surface area contributed by atoms with Crippen molar-refractivity contribution in [2.45, 2.75) is 43.1 Å². The second kappa shape index (κ2) is 9.08. The number of carbonyl (C=O) groups excluding carboxylic acids is 2. The fourth-order valence-electron chi connectivity index (χ4n) is 4.72. The van der Waals surface area contributed by atoms with Crippen LogP contribution in [0.3, 0.4) is 0 Å². The van der Waals surface area contributed by atoms with Crippen LogP contribution < -0.4 is 20.4 Å². The van der Waals surface area contributed by atoms with Gasteiger partial charge in [0.2, 0.25) is 11.8 Å². The highest BCUT2D eigenvalue weighted by atomic mass is 16.5. The van der Waals surface area contributed by atoms with Gasteiger partial charge in [-0.25, -0.2) is 4.79 Å². The normalized spacial score (nSPS) is 23.3. The first-order chi connectivity index (χ1) is 16.0. The maximum Gasteiger partial charge on any atom is 0.526 e. The summed E-state index contributed by atoms with van der Waals surface area (Å²) in [5.41, 5.74) is 5.70. The summed E-state index contributed by atoms with van der Waals surface area (Å²) in [6.07, 6.45) is 1.47. The molecular weight excluding hydrogens is 443 g/mol. The molecule has 11 nitrogen and oxygen atoms in total. The quantitative estimate of drug-likeness (QED) is 0.365. The highest BCUT2D eigenvalue weighted by molar-refractivity contribution is 6.47. The fourth-order valence-corrected chi connectivity index (χ4v) is 4.72. The van der Waals surface area contributed by atoms with Gasteiger partial charge >= 0.3 is 13.1 Å². The molecule has 5 N–H and O–H groups in total. The van der Waals surface area contributed by atoms with Gasteiger partial charge in [-0.1, -0.05) is 6.07 Å². The Hall–Kier alpha value is -2.83. The lowest BCUT2D eigenvalue weighted by Gasteiger charge is -2.44. The Balaban J connectivity index is 1.35. The summed E-state index contributed by atoms with van der Waals surface area (Å²) in [4.78, 5) is 39.4. The van der Waals surface area contributed by atoms with E-state index in [-0.39, 0.29) is 53.9 Å². The summed E-state index contributed by atoms with van der Waals surface area (Å²) in [6, 6.07) is 3.48. The minimum atomic E-state index is -1.21. The van der Waals surface area contributed by atoms with E-state index in [0.29, 0.717) is 13.1 Å². The van der Waals surface area contributed by atoms with E-state index in [1.165, 1.54) is 4.90 Å². The largest absolute Gasteiger partial charge is 0.535 e. The summed E-state index contributed by atoms with van der Waals surface area (Å²) < 4.78 is 11.6. The number of nitrogens with zero attached hydrogens (tertiary/aromatic N) is 2. The Kier molecular flexibility index (Phi) is 6.49. The van der Waals surface area contributed by atoms with Crippen LogP contribution in [0.25, 0.3) is 0 Å². The van der Waals surface area contributed by atoms with Gasteiger partial charge in [-0.3, -0.25) is 14.5 Å². The van der Waals surface area contributed by atoms with E-state index < -0.39 is 24.5 Å². The number of carboxylic acid groups (broad SMARTS) is 1. The predicted molar refractivity (Wildman–Crippen MR) is 123 cm³/mol. The number of hydrogen-bond acceptors (Lipinski definition) is 8. The molecular formula is C22H31BN4O7. The summed E-state index contributed by atoms with van der Waals surface area (Å²) >= 11 is 0. The summed E-state index contributed by atoms with van der Waals surface area (Å²) in [5.74, 6) is -1.35. The maximum atomic E-state index is 12.4. The average molecular weight is 474 g/mol. The molecule has 1 saturated carbocycles. The molecule has 1 aromatic carbocycles. The number of amides is 2. The van der Waals surface area contributed by atoms with Crippen molar-refractivity contribution in [3.63, 3.8) is 0 Å². The number of rotatable bonds is 8. The number of carbonyl (C=O) groups is 3. The van der Waals surface area contributed by atoms with Gasteiger partial charge in [0.25, 0.3) is 0 Å². The van der Waals surface area contributed by atoms with Crippen LogP contribution in [0.4, 0.5) is 0 Å². The molecule has 0 bridgehead atoms. The van der Waals surface area contributed by atoms with Gasteiger partial charge in [0.1, 0.15) is 28.7 Å². The number of likely N-dealkylation sites (tertiary alicyclic amines) is 1. The Bertz CT molecular complexity index is 996. The molecule has 0 aromatic heterocycles. The molecule has 1 aromatic rings. The molecule has 3 atom stereocenters. The van der Waals surface area contributed by atoms with E-state index in [1.54, 1.807) is 27.1 Å². The smallest absolute Gasteiger partial charge is 0.526 e. The fraction of sp³-hybridized carbons (Fsp3) is 0.591. The van der Waals surface area contributed by atoms with Crippen LogP contribution in [0.1, 0.15) is 41.6 Å². The second-order valence-corrected chi connectivity index (χ2v) is 9.84. The molecule has 12 heteroatoms. The van der Waals surface area contributed by atoms with E-state index in [9.17, 15) is 24.5 Å². The standard InChI is InChI=1S/C22H31BN4O7/c1-22(24,21(31)25-8-17(28)26(2)3)11-27-9-12(10-27)33-16-7-5-14-13-4-6-15(13)23(32)34-19(14)18(16)20(29)30/h5,7,12-13,15,32H,4,6,8-11,24H2,1-3H3,(H,25,31)(H,29,30)/t13-,15-,22?/m1/s1. The van der Waals surface area contributed by atoms with Crippen molar-refractivity contribution >= 4 is 24.9 Å². The molecule has 1 aliphatic carbocycles. The molecule has 4 rings (SSSR count). The molecule has 2 aliphatic heterocycles. The van der Waals surface area contributed by atoms with E-state index >= 15 is 0 Å². The van der Waals surface area contributed by atoms with Crippen molar-refractivity contribution in [3.05, 3.63) is 23.3 Å². The number of carboxylic acids is 1. The monoisotopic (exact) mass is 474 g/mol. The Morgan fingerprint density at radius 2 is 2.03 bits per heavy atom. The molecule has 0 spiro atoms. The first-order valence-electron chi connectivity index (χ1n) is 11.4. The molecule has 1 saturated heterocycles. The van der Waals surface area contributed by atoms with Gasteiger partial charge in [0, 0.05) is 39.5 Å². The molecule has 2 heterocycles. The Labute approximate surface area is 198 Å². The molecule has 3 aliphatic rings. The highest BCUT2D eigenvalue weighted by Crippen LogP contribution is 2.55. The lowest BCUT2D eigenvalue weighted by atomic mass is 9.51. The van der Waals surface area contributed by atoms with Crippen LogP contribution in [-0.4, -0.2) is 96.7 Å². The van der Waals surface area contributed by atoms with Crippen LogP contribution in [0.15, 0.2) is 12.1 Å². The van der Waals surface area contributed by atoms with Crippen LogP contribution in [-0.2, 0) is 9.59 Å². The number of hydrogen-bond donors (Lipinski definition) is 4. The van der Waals surface area contributed by atoms with E-state index in [4.69, 9.17) is 15.1 Å². The molecule has 2 amide bonds. The number of likely N-dealkylation sites (N-methyl/N-ethyl adjacent to an activating group) is 1. The van der Waals surface area contributed by atoms with Crippen LogP contribution in [0.2, 0.25) is 5.82 Å². The minimum Gasteiger partial charge on any atom is -0.535 e. The summed E-state index contributed by atoms with van der Waals surface area (Å²) in [5, 5.41) is 22.6. The zero-order chi connectivity index (χ0) is 24.8. The lowest BCUT2D eigenvalue weighted by Crippen LogP contribution is -2.64. The number of benzene rings is 1. The van der Waals surface area contributed by atoms with Crippen molar-refractivity contribution < 1.29 is 33.9 Å². The first-order valence-corrected chi connectivity index (χ1v) is 11.4. The van der Waals surface area contributed by atoms with Crippen molar-refractivity contribution in [1.82, 2.24) is 15.1 Å². The SMILES string of the molecule is CN(C)C(=O)CNC(=O)C(C)(N)CN1CC(Oc2ccc3c(c2C(=O)O)OB(O)[C@@H]2CC[C@H]32)C1. The van der Waals surface area contributed by atoms with Crippen LogP contribution in [0.5, 0.6) is 11.5 Å². The Morgan fingerprint density at radius 3 is 2.62 bits per heavy atom. The van der Waals surface area contributed by atoms with E-state index in [2.05, 4.69) is 5.32 Å². The second-order valence-electron chi connectivity index (χ2n) is 9.84. The van der Waals surface area contributed by atoms with Crippen molar-refractivity contribution in [2.75, 3.05) is 40.3 Å². The van der Waals surface area contributed by atoms with Gasteiger partial charge in [0.05, 0.1) is 6.54 Å². The van der Waals surface area contributed by atoms with Crippen molar-refractivity contribution in [1.29, 1.82) is 0 Å².